The zero-order valence-electron chi connectivity index (χ0n) is 16.2. The number of hydrogen-bond donors (Lipinski definition) is 1. The Kier molecular flexibility index (Phi) is 6.23. The van der Waals surface area contributed by atoms with Crippen molar-refractivity contribution in [3.63, 3.8) is 0 Å². The number of carbonyl (C=O) groups excluding carboxylic acids is 1. The molecule has 0 radical (unpaired) electrons. The molecule has 31 heavy (non-hydrogen) atoms. The van der Waals surface area contributed by atoms with E-state index in [4.69, 9.17) is 0 Å². The predicted octanol–water partition coefficient (Wildman–Crippen LogP) is 3.72. The summed E-state index contributed by atoms with van der Waals surface area (Å²) in [6, 6.07) is 10.6. The Morgan fingerprint density at radius 1 is 1.19 bits per heavy atom. The summed E-state index contributed by atoms with van der Waals surface area (Å²) in [6.45, 7) is 1.08. The highest BCUT2D eigenvalue weighted by Gasteiger charge is 2.26. The summed E-state index contributed by atoms with van der Waals surface area (Å²) >= 11 is 2.52. The Morgan fingerprint density at radius 2 is 1.90 bits per heavy atom. The van der Waals surface area contributed by atoms with Gasteiger partial charge in [-0.3, -0.25) is 14.9 Å². The first-order chi connectivity index (χ1) is 14.8. The van der Waals surface area contributed by atoms with E-state index in [0.29, 0.717) is 33.3 Å². The molecular formula is C19H18N4O5S3. The zero-order chi connectivity index (χ0) is 22.0. The number of rotatable bonds is 7. The molecule has 1 saturated heterocycles. The van der Waals surface area contributed by atoms with Gasteiger partial charge in [0.15, 0.2) is 4.34 Å². The van der Waals surface area contributed by atoms with Crippen LogP contribution >= 0.6 is 23.1 Å². The van der Waals surface area contributed by atoms with E-state index in [1.54, 1.807) is 18.2 Å². The summed E-state index contributed by atoms with van der Waals surface area (Å²) in [5, 5.41) is 13.6. The van der Waals surface area contributed by atoms with Crippen LogP contribution < -0.4 is 5.32 Å². The first kappa shape index (κ1) is 21.7. The molecule has 1 aliphatic rings. The molecule has 1 aromatic heterocycles. The molecule has 0 bridgehead atoms. The third-order valence-electron chi connectivity index (χ3n) is 4.73. The number of aromatic nitrogens is 1. The maximum Gasteiger partial charge on any atom is 0.270 e. The normalized spacial score (nSPS) is 14.7. The van der Waals surface area contributed by atoms with E-state index in [0.717, 1.165) is 12.8 Å². The third kappa shape index (κ3) is 4.87. The number of nitro groups is 1. The van der Waals surface area contributed by atoms with Gasteiger partial charge in [0, 0.05) is 30.9 Å². The number of hydrogen-bond acceptors (Lipinski definition) is 8. The second-order valence-corrected chi connectivity index (χ2v) is 11.1. The quantitative estimate of drug-likeness (QED) is 0.312. The molecule has 9 nitrogen and oxygen atoms in total. The standard InChI is InChI=1S/C19H18N4O5S3/c24-18(12-29-19-21-16-8-5-14(23(25)26)11-17(16)30-19)20-13-3-6-15(7-4-13)31(27,28)22-9-1-2-10-22/h3-8,11H,1-2,9-10,12H2,(H,20,24). The Labute approximate surface area is 186 Å². The van der Waals surface area contributed by atoms with E-state index < -0.39 is 14.9 Å². The number of non-ortho nitro benzene ring substituents is 1. The molecule has 162 valence electrons. The summed E-state index contributed by atoms with van der Waals surface area (Å²) in [5.74, 6) is -0.152. The number of sulfonamides is 1. The number of anilines is 1. The van der Waals surface area contributed by atoms with Crippen molar-refractivity contribution in [3.05, 3.63) is 52.6 Å². The Bertz CT molecular complexity index is 1240. The molecule has 1 N–H and O–H groups in total. The van der Waals surface area contributed by atoms with Gasteiger partial charge in [-0.05, 0) is 43.2 Å². The Hall–Kier alpha value is -2.54. The summed E-state index contributed by atoms with van der Waals surface area (Å²) in [6.07, 6.45) is 1.74. The van der Waals surface area contributed by atoms with Gasteiger partial charge in [-0.2, -0.15) is 4.31 Å². The first-order valence-electron chi connectivity index (χ1n) is 9.41. The maximum atomic E-state index is 12.6. The summed E-state index contributed by atoms with van der Waals surface area (Å²) in [4.78, 5) is 27.3. The molecule has 0 spiro atoms. The van der Waals surface area contributed by atoms with Gasteiger partial charge >= 0.3 is 0 Å². The Balaban J connectivity index is 1.35. The van der Waals surface area contributed by atoms with Crippen LogP contribution in [0.25, 0.3) is 10.2 Å². The molecule has 0 atom stereocenters. The van der Waals surface area contributed by atoms with Gasteiger partial charge in [0.1, 0.15) is 0 Å². The van der Waals surface area contributed by atoms with Gasteiger partial charge in [0.25, 0.3) is 5.69 Å². The molecule has 3 aromatic rings. The molecule has 0 aliphatic carbocycles. The number of nitrogens with one attached hydrogen (secondary N) is 1. The highest BCUT2D eigenvalue weighted by atomic mass is 32.2. The monoisotopic (exact) mass is 478 g/mol. The number of carbonyl (C=O) groups is 1. The third-order valence-corrected chi connectivity index (χ3v) is 8.80. The van der Waals surface area contributed by atoms with E-state index >= 15 is 0 Å². The highest BCUT2D eigenvalue weighted by Crippen LogP contribution is 2.32. The van der Waals surface area contributed by atoms with Crippen LogP contribution in [0.3, 0.4) is 0 Å². The van der Waals surface area contributed by atoms with Crippen LogP contribution in [0.15, 0.2) is 51.7 Å². The number of amides is 1. The van der Waals surface area contributed by atoms with Gasteiger partial charge < -0.3 is 5.32 Å². The lowest BCUT2D eigenvalue weighted by molar-refractivity contribution is -0.384. The molecule has 1 fully saturated rings. The summed E-state index contributed by atoms with van der Waals surface area (Å²) in [5.41, 5.74) is 1.15. The van der Waals surface area contributed by atoms with Crippen molar-refractivity contribution in [1.82, 2.24) is 9.29 Å². The SMILES string of the molecule is O=C(CSc1nc2ccc([N+](=O)[O-])cc2s1)Nc1ccc(S(=O)(=O)N2CCCC2)cc1. The largest absolute Gasteiger partial charge is 0.325 e. The lowest BCUT2D eigenvalue weighted by Crippen LogP contribution is -2.27. The first-order valence-corrected chi connectivity index (χ1v) is 12.6. The van der Waals surface area contributed by atoms with Crippen LogP contribution in [0.2, 0.25) is 0 Å². The molecule has 2 heterocycles. The zero-order valence-corrected chi connectivity index (χ0v) is 18.6. The van der Waals surface area contributed by atoms with E-state index in [2.05, 4.69) is 10.3 Å². The highest BCUT2D eigenvalue weighted by molar-refractivity contribution is 8.01. The smallest absolute Gasteiger partial charge is 0.270 e. The molecule has 4 rings (SSSR count). The molecule has 2 aromatic carbocycles. The fourth-order valence-corrected chi connectivity index (χ4v) is 6.60. The van der Waals surface area contributed by atoms with Crippen molar-refractivity contribution >= 4 is 60.6 Å². The number of thioether (sulfide) groups is 1. The second kappa shape index (κ2) is 8.91. The molecule has 1 amide bonds. The molecule has 0 unspecified atom stereocenters. The summed E-state index contributed by atoms with van der Waals surface area (Å²) in [7, 11) is -3.48. The van der Waals surface area contributed by atoms with E-state index in [1.807, 2.05) is 0 Å². The number of thiazole rings is 1. The average molecular weight is 479 g/mol. The topological polar surface area (TPSA) is 123 Å². The number of nitro benzene ring substituents is 1. The van der Waals surface area contributed by atoms with Crippen LogP contribution in [-0.2, 0) is 14.8 Å². The average Bonchev–Trinajstić information content (AvgIpc) is 3.42. The summed E-state index contributed by atoms with van der Waals surface area (Å²) < 4.78 is 27.9. The lowest BCUT2D eigenvalue weighted by atomic mass is 10.3. The molecule has 12 heteroatoms. The van der Waals surface area contributed by atoms with Crippen molar-refractivity contribution in [1.29, 1.82) is 0 Å². The van der Waals surface area contributed by atoms with Gasteiger partial charge in [0.05, 0.1) is 25.8 Å². The minimum atomic E-state index is -3.48. The second-order valence-electron chi connectivity index (χ2n) is 6.86. The molecular weight excluding hydrogens is 460 g/mol. The number of fused-ring (bicyclic) bond motifs is 1. The van der Waals surface area contributed by atoms with Gasteiger partial charge in [0.2, 0.25) is 15.9 Å². The van der Waals surface area contributed by atoms with Crippen molar-refractivity contribution in [2.75, 3.05) is 24.2 Å². The van der Waals surface area contributed by atoms with Crippen LogP contribution in [0.1, 0.15) is 12.8 Å². The van der Waals surface area contributed by atoms with Crippen molar-refractivity contribution in [2.24, 2.45) is 0 Å². The predicted molar refractivity (Wildman–Crippen MR) is 120 cm³/mol. The van der Waals surface area contributed by atoms with Gasteiger partial charge in [-0.1, -0.05) is 11.8 Å². The molecule has 0 saturated carbocycles. The van der Waals surface area contributed by atoms with Crippen molar-refractivity contribution in [2.45, 2.75) is 22.1 Å². The van der Waals surface area contributed by atoms with Crippen LogP contribution in [0.5, 0.6) is 0 Å². The van der Waals surface area contributed by atoms with Gasteiger partial charge in [-0.15, -0.1) is 11.3 Å². The minimum Gasteiger partial charge on any atom is -0.325 e. The fraction of sp³-hybridized carbons (Fsp3) is 0.263. The minimum absolute atomic E-state index is 0.000588. The van der Waals surface area contributed by atoms with Crippen LogP contribution in [-0.4, -0.2) is 47.4 Å². The van der Waals surface area contributed by atoms with E-state index in [1.165, 1.54) is 51.7 Å². The van der Waals surface area contributed by atoms with Gasteiger partial charge in [-0.25, -0.2) is 13.4 Å². The maximum absolute atomic E-state index is 12.6. The van der Waals surface area contributed by atoms with Crippen molar-refractivity contribution < 1.29 is 18.1 Å². The number of nitrogens with zero attached hydrogens (tertiary/aromatic N) is 3. The van der Waals surface area contributed by atoms with E-state index in [-0.39, 0.29) is 22.2 Å². The lowest BCUT2D eigenvalue weighted by Gasteiger charge is -2.15. The van der Waals surface area contributed by atoms with Crippen molar-refractivity contribution in [3.8, 4) is 0 Å². The Morgan fingerprint density at radius 3 is 2.58 bits per heavy atom. The van der Waals surface area contributed by atoms with Crippen LogP contribution in [0.4, 0.5) is 11.4 Å². The fourth-order valence-electron chi connectivity index (χ4n) is 3.18. The van der Waals surface area contributed by atoms with E-state index in [9.17, 15) is 23.3 Å². The molecule has 1 aliphatic heterocycles. The number of benzene rings is 2. The van der Waals surface area contributed by atoms with Crippen LogP contribution in [0, 0.1) is 10.1 Å².